The number of hydrogen-bond acceptors (Lipinski definition) is 5. The number of aryl methyl sites for hydroxylation is 1. The number of para-hydroxylation sites is 1. The number of non-ortho nitro benzene ring substituents is 1. The van der Waals surface area contributed by atoms with Crippen LogP contribution in [0.2, 0.25) is 5.02 Å². The maximum absolute atomic E-state index is 13.2. The second-order valence-corrected chi connectivity index (χ2v) is 7.23. The summed E-state index contributed by atoms with van der Waals surface area (Å²) in [5.41, 5.74) is 3.90. The molecule has 1 amide bonds. The van der Waals surface area contributed by atoms with Crippen LogP contribution in [0.25, 0.3) is 22.3 Å². The first-order valence-electron chi connectivity index (χ1n) is 9.19. The number of fused-ring (bicyclic) bond motifs is 1. The number of amides is 1. The van der Waals surface area contributed by atoms with Gasteiger partial charge < -0.3 is 0 Å². The molecule has 1 N–H and O–H groups in total. The molecule has 8 nitrogen and oxygen atoms in total. The molecule has 0 spiro atoms. The molecule has 154 valence electrons. The molecule has 0 bridgehead atoms. The Balaban J connectivity index is 1.86. The number of nitrogens with zero attached hydrogens (tertiary/aromatic N) is 3. The fraction of sp³-hybridized carbons (Fsp3) is 0.0455. The zero-order chi connectivity index (χ0) is 22.1. The van der Waals surface area contributed by atoms with Gasteiger partial charge >= 0.3 is 0 Å². The van der Waals surface area contributed by atoms with Gasteiger partial charge in [0.1, 0.15) is 0 Å². The molecule has 4 aromatic rings. The quantitative estimate of drug-likeness (QED) is 0.380. The van der Waals surface area contributed by atoms with Gasteiger partial charge in [0.05, 0.1) is 26.4 Å². The predicted octanol–water partition coefficient (Wildman–Crippen LogP) is 4.32. The van der Waals surface area contributed by atoms with E-state index in [-0.39, 0.29) is 22.1 Å². The van der Waals surface area contributed by atoms with Gasteiger partial charge in [0, 0.05) is 17.7 Å². The lowest BCUT2D eigenvalue weighted by molar-refractivity contribution is -0.384. The van der Waals surface area contributed by atoms with Crippen molar-refractivity contribution in [3.05, 3.63) is 103 Å². The molecule has 4 rings (SSSR count). The van der Waals surface area contributed by atoms with Crippen LogP contribution < -0.4 is 11.0 Å². The standard InChI is InChI=1S/C22H15ClN4O4/c1-13-5-4-6-14(11-13)20-24-19-8-3-2-7-17(19)22(29)26(20)25-21(28)16-10-9-15(27(30)31)12-18(16)23/h2-12H,1H3,(H,25,28). The van der Waals surface area contributed by atoms with E-state index in [1.54, 1.807) is 30.3 Å². The third-order valence-corrected chi connectivity index (χ3v) is 4.99. The number of rotatable bonds is 4. The van der Waals surface area contributed by atoms with Gasteiger partial charge in [0.15, 0.2) is 5.82 Å². The zero-order valence-corrected chi connectivity index (χ0v) is 17.0. The number of benzene rings is 3. The first-order valence-corrected chi connectivity index (χ1v) is 9.57. The van der Waals surface area contributed by atoms with Crippen molar-refractivity contribution in [2.24, 2.45) is 0 Å². The van der Waals surface area contributed by atoms with Gasteiger partial charge in [-0.25, -0.2) is 4.98 Å². The SMILES string of the molecule is Cc1cccc(-c2nc3ccccc3c(=O)n2NC(=O)c2ccc([N+](=O)[O-])cc2Cl)c1. The molecule has 1 aromatic heterocycles. The van der Waals surface area contributed by atoms with Crippen LogP contribution in [0.5, 0.6) is 0 Å². The third-order valence-electron chi connectivity index (χ3n) is 4.67. The normalized spacial score (nSPS) is 10.8. The summed E-state index contributed by atoms with van der Waals surface area (Å²) in [5.74, 6) is -0.452. The van der Waals surface area contributed by atoms with Gasteiger partial charge in [-0.15, -0.1) is 0 Å². The largest absolute Gasteiger partial charge is 0.280 e. The van der Waals surface area contributed by atoms with Crippen LogP contribution in [0.1, 0.15) is 15.9 Å². The van der Waals surface area contributed by atoms with E-state index in [4.69, 9.17) is 11.6 Å². The Morgan fingerprint density at radius 1 is 1.10 bits per heavy atom. The highest BCUT2D eigenvalue weighted by molar-refractivity contribution is 6.34. The van der Waals surface area contributed by atoms with Gasteiger partial charge in [-0.2, -0.15) is 4.68 Å². The topological polar surface area (TPSA) is 107 Å². The van der Waals surface area contributed by atoms with Crippen LogP contribution in [-0.4, -0.2) is 20.5 Å². The van der Waals surface area contributed by atoms with E-state index in [0.717, 1.165) is 16.3 Å². The Hall–Kier alpha value is -4.04. The van der Waals surface area contributed by atoms with Crippen molar-refractivity contribution in [2.75, 3.05) is 5.43 Å². The molecule has 1 heterocycles. The zero-order valence-electron chi connectivity index (χ0n) is 16.2. The summed E-state index contributed by atoms with van der Waals surface area (Å²) in [7, 11) is 0. The molecule has 0 radical (unpaired) electrons. The van der Waals surface area contributed by atoms with E-state index >= 15 is 0 Å². The molecule has 0 saturated carbocycles. The van der Waals surface area contributed by atoms with E-state index in [1.807, 2.05) is 25.1 Å². The van der Waals surface area contributed by atoms with Crippen LogP contribution >= 0.6 is 11.6 Å². The molecule has 0 saturated heterocycles. The van der Waals surface area contributed by atoms with Gasteiger partial charge in [0.2, 0.25) is 0 Å². The molecular formula is C22H15ClN4O4. The minimum absolute atomic E-state index is 0.0116. The Morgan fingerprint density at radius 3 is 2.58 bits per heavy atom. The number of hydrogen-bond donors (Lipinski definition) is 1. The van der Waals surface area contributed by atoms with Gasteiger partial charge in [0.25, 0.3) is 17.2 Å². The summed E-state index contributed by atoms with van der Waals surface area (Å²) in [4.78, 5) is 41.0. The summed E-state index contributed by atoms with van der Waals surface area (Å²) in [5, 5.41) is 11.1. The van der Waals surface area contributed by atoms with Crippen LogP contribution in [0.4, 0.5) is 5.69 Å². The highest BCUT2D eigenvalue weighted by Gasteiger charge is 2.19. The minimum atomic E-state index is -0.701. The number of nitro benzene ring substituents is 1. The molecular weight excluding hydrogens is 420 g/mol. The Morgan fingerprint density at radius 2 is 1.87 bits per heavy atom. The van der Waals surface area contributed by atoms with Crippen LogP contribution in [0, 0.1) is 17.0 Å². The fourth-order valence-electron chi connectivity index (χ4n) is 3.18. The number of nitrogens with one attached hydrogen (secondary N) is 1. The Kier molecular flexibility index (Phi) is 5.22. The average Bonchev–Trinajstić information content (AvgIpc) is 2.75. The van der Waals surface area contributed by atoms with Crippen molar-refractivity contribution in [1.29, 1.82) is 0 Å². The number of carbonyl (C=O) groups excluding carboxylic acids is 1. The Bertz CT molecular complexity index is 1410. The van der Waals surface area contributed by atoms with E-state index in [2.05, 4.69) is 10.4 Å². The second kappa shape index (κ2) is 8.00. The molecule has 0 atom stereocenters. The van der Waals surface area contributed by atoms with Crippen molar-refractivity contribution < 1.29 is 9.72 Å². The molecule has 31 heavy (non-hydrogen) atoms. The lowest BCUT2D eigenvalue weighted by Crippen LogP contribution is -2.35. The molecule has 0 fully saturated rings. The maximum atomic E-state index is 13.2. The average molecular weight is 435 g/mol. The first-order chi connectivity index (χ1) is 14.8. The second-order valence-electron chi connectivity index (χ2n) is 6.82. The predicted molar refractivity (Wildman–Crippen MR) is 118 cm³/mol. The van der Waals surface area contributed by atoms with Gasteiger partial charge in [-0.1, -0.05) is 47.5 Å². The van der Waals surface area contributed by atoms with Crippen LogP contribution in [0.3, 0.4) is 0 Å². The van der Waals surface area contributed by atoms with Gasteiger partial charge in [-0.3, -0.25) is 25.1 Å². The number of carbonyl (C=O) groups is 1. The number of aromatic nitrogens is 2. The molecule has 0 aliphatic carbocycles. The van der Waals surface area contributed by atoms with E-state index in [0.29, 0.717) is 16.5 Å². The smallest absolute Gasteiger partial charge is 0.267 e. The van der Waals surface area contributed by atoms with Crippen LogP contribution in [-0.2, 0) is 0 Å². The number of halogens is 1. The van der Waals surface area contributed by atoms with Crippen molar-refractivity contribution in [3.8, 4) is 11.4 Å². The summed E-state index contributed by atoms with van der Waals surface area (Å²) in [6.07, 6.45) is 0. The Labute approximate surface area is 180 Å². The lowest BCUT2D eigenvalue weighted by Gasteiger charge is -2.15. The third kappa shape index (κ3) is 3.88. The summed E-state index contributed by atoms with van der Waals surface area (Å²) in [6, 6.07) is 17.7. The molecule has 0 aliphatic rings. The minimum Gasteiger partial charge on any atom is -0.267 e. The molecule has 3 aromatic carbocycles. The van der Waals surface area contributed by atoms with E-state index < -0.39 is 16.4 Å². The summed E-state index contributed by atoms with van der Waals surface area (Å²) in [6.45, 7) is 1.90. The first kappa shape index (κ1) is 20.2. The fourth-order valence-corrected chi connectivity index (χ4v) is 3.44. The van der Waals surface area contributed by atoms with Crippen molar-refractivity contribution in [3.63, 3.8) is 0 Å². The lowest BCUT2D eigenvalue weighted by atomic mass is 10.1. The van der Waals surface area contributed by atoms with E-state index in [1.165, 1.54) is 12.1 Å². The number of nitro groups is 1. The highest BCUT2D eigenvalue weighted by Crippen LogP contribution is 2.23. The maximum Gasteiger partial charge on any atom is 0.280 e. The van der Waals surface area contributed by atoms with E-state index in [9.17, 15) is 19.7 Å². The van der Waals surface area contributed by atoms with Crippen molar-refractivity contribution in [1.82, 2.24) is 9.66 Å². The van der Waals surface area contributed by atoms with Gasteiger partial charge in [-0.05, 0) is 31.2 Å². The summed E-state index contributed by atoms with van der Waals surface area (Å²) < 4.78 is 1.07. The molecule has 0 aliphatic heterocycles. The molecule has 0 unspecified atom stereocenters. The monoisotopic (exact) mass is 434 g/mol. The summed E-state index contributed by atoms with van der Waals surface area (Å²) >= 11 is 6.08. The highest BCUT2D eigenvalue weighted by atomic mass is 35.5. The van der Waals surface area contributed by atoms with Crippen molar-refractivity contribution >= 4 is 34.1 Å². The molecule has 9 heteroatoms. The van der Waals surface area contributed by atoms with Crippen molar-refractivity contribution in [2.45, 2.75) is 6.92 Å². The van der Waals surface area contributed by atoms with Crippen LogP contribution in [0.15, 0.2) is 71.5 Å².